The Morgan fingerprint density at radius 2 is 1.56 bits per heavy atom. The third kappa shape index (κ3) is 8.10. The lowest BCUT2D eigenvalue weighted by Gasteiger charge is -2.09. The monoisotopic (exact) mass is 458 g/mol. The summed E-state index contributed by atoms with van der Waals surface area (Å²) in [5.74, 6) is 0.794. The molecule has 0 saturated heterocycles. The molecule has 0 amide bonds. The van der Waals surface area contributed by atoms with Crippen molar-refractivity contribution < 1.29 is 4.39 Å². The number of amidine groups is 2. The van der Waals surface area contributed by atoms with Gasteiger partial charge in [0.25, 0.3) is 0 Å². The van der Waals surface area contributed by atoms with E-state index in [0.29, 0.717) is 11.5 Å². The molecule has 0 aliphatic heterocycles. The first-order valence-electron chi connectivity index (χ1n) is 6.40. The lowest BCUT2D eigenvalue weighted by molar-refractivity contribution is 0.625. The maximum Gasteiger partial charge on any atom is 0.151 e. The second-order valence-electron chi connectivity index (χ2n) is 4.42. The van der Waals surface area contributed by atoms with Gasteiger partial charge in [-0.05, 0) is 34.7 Å². The molecule has 0 unspecified atom stereocenters. The highest BCUT2D eigenvalue weighted by Crippen LogP contribution is 2.37. The molecular formula is C14H17Cl2FN4S4. The quantitative estimate of drug-likeness (QED) is 0.354. The minimum Gasteiger partial charge on any atom is -0.379 e. The predicted molar refractivity (Wildman–Crippen MR) is 116 cm³/mol. The maximum absolute atomic E-state index is 13.5. The maximum atomic E-state index is 13.5. The molecule has 2 aromatic rings. The van der Waals surface area contributed by atoms with E-state index in [0.717, 1.165) is 20.9 Å². The molecule has 25 heavy (non-hydrogen) atoms. The summed E-state index contributed by atoms with van der Waals surface area (Å²) < 4.78 is 13.5. The molecule has 11 heteroatoms. The molecule has 0 aliphatic carbocycles. The van der Waals surface area contributed by atoms with Crippen molar-refractivity contribution >= 4 is 81.8 Å². The van der Waals surface area contributed by atoms with E-state index in [-0.39, 0.29) is 41.0 Å². The SMILES string of the molecule is Cl.Cl.N=C(N)SCc1cc(F)ccc1Sc1cscc1CSC(=N)N. The fourth-order valence-corrected chi connectivity index (χ4v) is 5.13. The lowest BCUT2D eigenvalue weighted by atomic mass is 10.2. The number of nitrogens with two attached hydrogens (primary N) is 2. The summed E-state index contributed by atoms with van der Waals surface area (Å²) >= 11 is 5.59. The van der Waals surface area contributed by atoms with Crippen molar-refractivity contribution in [2.45, 2.75) is 21.3 Å². The van der Waals surface area contributed by atoms with E-state index in [9.17, 15) is 4.39 Å². The fourth-order valence-electron chi connectivity index (χ4n) is 1.70. The molecule has 0 spiro atoms. The smallest absolute Gasteiger partial charge is 0.151 e. The fraction of sp³-hybridized carbons (Fsp3) is 0.143. The molecule has 0 fully saturated rings. The summed E-state index contributed by atoms with van der Waals surface area (Å²) in [6.07, 6.45) is 0. The van der Waals surface area contributed by atoms with Crippen molar-refractivity contribution in [2.24, 2.45) is 11.5 Å². The summed E-state index contributed by atoms with van der Waals surface area (Å²) in [4.78, 5) is 2.01. The van der Waals surface area contributed by atoms with Crippen LogP contribution in [0.25, 0.3) is 0 Å². The van der Waals surface area contributed by atoms with Crippen LogP contribution in [0.1, 0.15) is 11.1 Å². The van der Waals surface area contributed by atoms with Gasteiger partial charge in [0.05, 0.1) is 0 Å². The highest BCUT2D eigenvalue weighted by Gasteiger charge is 2.11. The van der Waals surface area contributed by atoms with E-state index in [1.807, 2.05) is 10.8 Å². The van der Waals surface area contributed by atoms with E-state index in [1.165, 1.54) is 35.7 Å². The van der Waals surface area contributed by atoms with Crippen LogP contribution in [0.15, 0.2) is 38.8 Å². The van der Waals surface area contributed by atoms with Gasteiger partial charge in [-0.3, -0.25) is 10.8 Å². The van der Waals surface area contributed by atoms with E-state index in [1.54, 1.807) is 29.2 Å². The van der Waals surface area contributed by atoms with Crippen molar-refractivity contribution in [3.05, 3.63) is 45.9 Å². The lowest BCUT2D eigenvalue weighted by Crippen LogP contribution is -2.04. The largest absolute Gasteiger partial charge is 0.379 e. The van der Waals surface area contributed by atoms with Gasteiger partial charge in [0.15, 0.2) is 10.3 Å². The van der Waals surface area contributed by atoms with Crippen LogP contribution in [0.5, 0.6) is 0 Å². The van der Waals surface area contributed by atoms with E-state index >= 15 is 0 Å². The molecule has 0 atom stereocenters. The summed E-state index contributed by atoms with van der Waals surface area (Å²) in [6, 6.07) is 4.66. The van der Waals surface area contributed by atoms with Crippen molar-refractivity contribution in [1.82, 2.24) is 0 Å². The van der Waals surface area contributed by atoms with E-state index in [4.69, 9.17) is 22.3 Å². The molecule has 6 N–H and O–H groups in total. The van der Waals surface area contributed by atoms with Gasteiger partial charge in [-0.15, -0.1) is 24.8 Å². The topological polar surface area (TPSA) is 99.7 Å². The number of nitrogens with one attached hydrogen (secondary N) is 2. The Morgan fingerprint density at radius 3 is 2.16 bits per heavy atom. The molecule has 1 aromatic carbocycles. The molecule has 1 aromatic heterocycles. The molecule has 2 rings (SSSR count). The van der Waals surface area contributed by atoms with Gasteiger partial charge in [-0.1, -0.05) is 35.3 Å². The number of thioether (sulfide) groups is 2. The average molecular weight is 459 g/mol. The molecule has 138 valence electrons. The van der Waals surface area contributed by atoms with Gasteiger partial charge in [-0.2, -0.15) is 11.3 Å². The Bertz CT molecular complexity index is 727. The first kappa shape index (κ1) is 24.4. The number of hydrogen-bond acceptors (Lipinski definition) is 6. The van der Waals surface area contributed by atoms with Crippen LogP contribution in [0.4, 0.5) is 4.39 Å². The van der Waals surface area contributed by atoms with Gasteiger partial charge in [0.2, 0.25) is 0 Å². The summed E-state index contributed by atoms with van der Waals surface area (Å²) in [5.41, 5.74) is 12.7. The standard InChI is InChI=1S/C14H15FN4S4.2ClH/c15-10-1-2-11(8(3-10)5-21-13(16)17)23-12-7-20-4-9(12)6-22-14(18)19;;/h1-4,7H,5-6H2,(H3,16,17)(H3,18,19);2*1H. The molecule has 0 saturated carbocycles. The van der Waals surface area contributed by atoms with Crippen LogP contribution in [0.2, 0.25) is 0 Å². The zero-order chi connectivity index (χ0) is 16.8. The van der Waals surface area contributed by atoms with Crippen molar-refractivity contribution in [1.29, 1.82) is 10.8 Å². The number of halogens is 3. The van der Waals surface area contributed by atoms with Gasteiger partial charge < -0.3 is 11.5 Å². The zero-order valence-corrected chi connectivity index (χ0v) is 17.7. The molecule has 1 heterocycles. The van der Waals surface area contributed by atoms with Crippen LogP contribution in [-0.2, 0) is 11.5 Å². The first-order chi connectivity index (χ1) is 11.0. The van der Waals surface area contributed by atoms with Crippen LogP contribution >= 0.6 is 71.4 Å². The number of hydrogen-bond donors (Lipinski definition) is 4. The Hall–Kier alpha value is -0.580. The van der Waals surface area contributed by atoms with Crippen molar-refractivity contribution in [3.8, 4) is 0 Å². The Morgan fingerprint density at radius 1 is 0.960 bits per heavy atom. The minimum absolute atomic E-state index is 0. The minimum atomic E-state index is -0.300. The first-order valence-corrected chi connectivity index (χ1v) is 10.1. The number of rotatable bonds is 6. The van der Waals surface area contributed by atoms with Gasteiger partial charge in [-0.25, -0.2) is 4.39 Å². The third-order valence-corrected chi connectivity index (χ3v) is 6.40. The Labute approximate surface area is 174 Å². The van der Waals surface area contributed by atoms with E-state index < -0.39 is 0 Å². The molecule has 4 nitrogen and oxygen atoms in total. The number of benzene rings is 1. The second-order valence-corrected chi connectivity index (χ2v) is 8.28. The second kappa shape index (κ2) is 11.9. The van der Waals surface area contributed by atoms with Crippen molar-refractivity contribution in [2.75, 3.05) is 0 Å². The third-order valence-electron chi connectivity index (χ3n) is 2.71. The Kier molecular flexibility index (Phi) is 11.6. The van der Waals surface area contributed by atoms with Gasteiger partial charge in [0.1, 0.15) is 5.82 Å². The van der Waals surface area contributed by atoms with Crippen LogP contribution < -0.4 is 11.5 Å². The normalized spacial score (nSPS) is 9.80. The van der Waals surface area contributed by atoms with Gasteiger partial charge >= 0.3 is 0 Å². The van der Waals surface area contributed by atoms with Crippen LogP contribution in [0, 0.1) is 16.6 Å². The highest BCUT2D eigenvalue weighted by atomic mass is 35.5. The molecule has 0 aliphatic rings. The van der Waals surface area contributed by atoms with Gasteiger partial charge in [0, 0.05) is 26.7 Å². The van der Waals surface area contributed by atoms with Crippen LogP contribution in [0.3, 0.4) is 0 Å². The zero-order valence-electron chi connectivity index (χ0n) is 12.8. The van der Waals surface area contributed by atoms with Crippen molar-refractivity contribution in [3.63, 3.8) is 0 Å². The number of thiophene rings is 1. The predicted octanol–water partition coefficient (Wildman–Crippen LogP) is 5.14. The van der Waals surface area contributed by atoms with Crippen LogP contribution in [-0.4, -0.2) is 10.3 Å². The van der Waals surface area contributed by atoms with E-state index in [2.05, 4.69) is 0 Å². The highest BCUT2D eigenvalue weighted by molar-refractivity contribution is 8.13. The summed E-state index contributed by atoms with van der Waals surface area (Å²) in [6.45, 7) is 0. The Balaban J connectivity index is 0.00000288. The molecule has 0 radical (unpaired) electrons. The summed E-state index contributed by atoms with van der Waals surface area (Å²) in [5, 5.41) is 18.8. The molecular weight excluding hydrogens is 442 g/mol. The average Bonchev–Trinajstić information content (AvgIpc) is 2.92. The molecule has 0 bridgehead atoms. The summed E-state index contributed by atoms with van der Waals surface area (Å²) in [7, 11) is 0.